The third-order valence-electron chi connectivity index (χ3n) is 6.20. The van der Waals surface area contributed by atoms with E-state index in [1.165, 1.54) is 24.5 Å². The second-order valence-corrected chi connectivity index (χ2v) is 8.37. The van der Waals surface area contributed by atoms with Crippen LogP contribution in [0.1, 0.15) is 12.0 Å². The topological polar surface area (TPSA) is 98.6 Å². The Morgan fingerprint density at radius 3 is 2.73 bits per heavy atom. The van der Waals surface area contributed by atoms with Crippen LogP contribution < -0.4 is 16.0 Å². The fourth-order valence-corrected chi connectivity index (χ4v) is 4.34. The lowest BCUT2D eigenvalue weighted by atomic mass is 10.1. The molecule has 2 aromatic carbocycles. The predicted molar refractivity (Wildman–Crippen MR) is 135 cm³/mol. The Balaban J connectivity index is 1.44. The van der Waals surface area contributed by atoms with Crippen LogP contribution in [0.3, 0.4) is 0 Å². The second kappa shape index (κ2) is 8.91. The Morgan fingerprint density at radius 1 is 1.09 bits per heavy atom. The molecule has 33 heavy (non-hydrogen) atoms. The Hall–Kier alpha value is -3.91. The van der Waals surface area contributed by atoms with Gasteiger partial charge in [0.05, 0.1) is 11.0 Å². The smallest absolute Gasteiger partial charge is 0.180 e. The fourth-order valence-electron chi connectivity index (χ4n) is 4.34. The normalized spacial score (nSPS) is 15.7. The third-order valence-corrected chi connectivity index (χ3v) is 6.20. The van der Waals surface area contributed by atoms with Crippen LogP contribution in [0.15, 0.2) is 61.1 Å². The van der Waals surface area contributed by atoms with Crippen LogP contribution in [0.25, 0.3) is 22.3 Å². The van der Waals surface area contributed by atoms with E-state index in [1.54, 1.807) is 6.20 Å². The number of hydrogen-bond donors (Lipinski definition) is 3. The van der Waals surface area contributed by atoms with Crippen molar-refractivity contribution in [3.8, 4) is 0 Å². The van der Waals surface area contributed by atoms with Crippen LogP contribution in [0, 0.1) is 5.41 Å². The number of nitrogens with zero attached hydrogens (tertiary/aromatic N) is 5. The van der Waals surface area contributed by atoms with Crippen LogP contribution in [-0.4, -0.2) is 58.7 Å². The molecule has 0 radical (unpaired) electrons. The second-order valence-electron chi connectivity index (χ2n) is 8.37. The number of fused-ring (bicyclic) bond motifs is 3. The number of aromatic nitrogens is 3. The zero-order chi connectivity index (χ0) is 22.8. The standard InChI is InChI=1S/C25H28N8/c1-31-10-2-11-32(14-13-31)21-6-4-20(5-7-21)29-24-25-28-9-12-33(25)23-15-18(19(16-26)17-27)3-8-22(23)30-24/h3-9,12,15-17,26H,2,10-11,13-14,27H2,1H3,(H,29,30)/b19-17+,26-16?. The maximum atomic E-state index is 7.57. The van der Waals surface area contributed by atoms with E-state index in [9.17, 15) is 0 Å². The first-order valence-electron chi connectivity index (χ1n) is 11.2. The number of imidazole rings is 1. The van der Waals surface area contributed by atoms with Gasteiger partial charge in [-0.2, -0.15) is 0 Å². The molecule has 2 aromatic heterocycles. The van der Waals surface area contributed by atoms with E-state index in [4.69, 9.17) is 16.1 Å². The summed E-state index contributed by atoms with van der Waals surface area (Å²) in [6.45, 7) is 4.37. The van der Waals surface area contributed by atoms with Crippen molar-refractivity contribution in [2.45, 2.75) is 6.42 Å². The van der Waals surface area contributed by atoms with Gasteiger partial charge in [-0.25, -0.2) is 9.97 Å². The van der Waals surface area contributed by atoms with Crippen molar-refractivity contribution in [3.63, 3.8) is 0 Å². The average molecular weight is 441 g/mol. The van der Waals surface area contributed by atoms with Gasteiger partial charge in [-0.05, 0) is 62.0 Å². The largest absolute Gasteiger partial charge is 0.404 e. The van der Waals surface area contributed by atoms with Gasteiger partial charge >= 0.3 is 0 Å². The summed E-state index contributed by atoms with van der Waals surface area (Å²) in [5, 5.41) is 11.0. The number of nitrogens with two attached hydrogens (primary N) is 1. The molecule has 1 aliphatic rings. The number of anilines is 3. The SMILES string of the molecule is CN1CCCN(c2ccc(Nc3nc4ccc(/C(C=N)=C/N)cc4n4ccnc34)cc2)CC1. The first kappa shape index (κ1) is 21.0. The minimum absolute atomic E-state index is 0.656. The minimum Gasteiger partial charge on any atom is -0.404 e. The van der Waals surface area contributed by atoms with E-state index in [2.05, 4.69) is 51.4 Å². The first-order chi connectivity index (χ1) is 16.2. The van der Waals surface area contributed by atoms with Crippen molar-refractivity contribution >= 4 is 45.7 Å². The molecule has 8 heteroatoms. The maximum Gasteiger partial charge on any atom is 0.180 e. The molecule has 0 saturated carbocycles. The number of benzene rings is 2. The number of allylic oxidation sites excluding steroid dienone is 1. The molecular formula is C25H28N8. The zero-order valence-electron chi connectivity index (χ0n) is 18.7. The molecule has 0 amide bonds. The predicted octanol–water partition coefficient (Wildman–Crippen LogP) is 3.72. The summed E-state index contributed by atoms with van der Waals surface area (Å²) in [6, 6.07) is 14.4. The molecule has 1 saturated heterocycles. The van der Waals surface area contributed by atoms with E-state index in [0.717, 1.165) is 54.1 Å². The van der Waals surface area contributed by atoms with Crippen molar-refractivity contribution in [2.24, 2.45) is 5.73 Å². The van der Waals surface area contributed by atoms with Gasteiger partial charge in [-0.1, -0.05) is 6.07 Å². The van der Waals surface area contributed by atoms with E-state index in [-0.39, 0.29) is 0 Å². The van der Waals surface area contributed by atoms with Crippen molar-refractivity contribution in [2.75, 3.05) is 43.4 Å². The molecule has 5 rings (SSSR count). The highest BCUT2D eigenvalue weighted by atomic mass is 15.2. The van der Waals surface area contributed by atoms with E-state index in [1.807, 2.05) is 28.8 Å². The maximum absolute atomic E-state index is 7.57. The molecule has 1 aliphatic heterocycles. The number of nitrogens with one attached hydrogen (secondary N) is 2. The van der Waals surface area contributed by atoms with Crippen LogP contribution in [0.2, 0.25) is 0 Å². The lowest BCUT2D eigenvalue weighted by molar-refractivity contribution is 0.360. The lowest BCUT2D eigenvalue weighted by Gasteiger charge is -2.23. The van der Waals surface area contributed by atoms with Gasteiger partial charge in [-0.15, -0.1) is 0 Å². The van der Waals surface area contributed by atoms with Crippen LogP contribution in [0.4, 0.5) is 17.2 Å². The molecule has 4 aromatic rings. The van der Waals surface area contributed by atoms with Crippen molar-refractivity contribution in [3.05, 3.63) is 66.6 Å². The number of rotatable bonds is 5. The van der Waals surface area contributed by atoms with E-state index >= 15 is 0 Å². The number of hydrogen-bond acceptors (Lipinski definition) is 7. The van der Waals surface area contributed by atoms with Gasteiger partial charge in [0.1, 0.15) is 0 Å². The van der Waals surface area contributed by atoms with Crippen LogP contribution >= 0.6 is 0 Å². The molecular weight excluding hydrogens is 412 g/mol. The molecule has 3 heterocycles. The molecule has 168 valence electrons. The van der Waals surface area contributed by atoms with Gasteiger partial charge in [0.2, 0.25) is 0 Å². The van der Waals surface area contributed by atoms with E-state index in [0.29, 0.717) is 11.4 Å². The summed E-state index contributed by atoms with van der Waals surface area (Å²) in [5.41, 5.74) is 11.9. The average Bonchev–Trinajstić information content (AvgIpc) is 3.24. The zero-order valence-corrected chi connectivity index (χ0v) is 18.7. The van der Waals surface area contributed by atoms with E-state index < -0.39 is 0 Å². The Morgan fingerprint density at radius 2 is 1.94 bits per heavy atom. The van der Waals surface area contributed by atoms with Gasteiger partial charge in [0.15, 0.2) is 11.5 Å². The summed E-state index contributed by atoms with van der Waals surface area (Å²) in [5.74, 6) is 0.700. The molecule has 1 fully saturated rings. The summed E-state index contributed by atoms with van der Waals surface area (Å²) in [7, 11) is 2.19. The lowest BCUT2D eigenvalue weighted by Crippen LogP contribution is -2.28. The molecule has 4 N–H and O–H groups in total. The molecule has 0 atom stereocenters. The molecule has 0 bridgehead atoms. The fraction of sp³-hybridized carbons (Fsp3) is 0.240. The van der Waals surface area contributed by atoms with Crippen molar-refractivity contribution < 1.29 is 0 Å². The Kier molecular flexibility index (Phi) is 5.66. The highest BCUT2D eigenvalue weighted by Gasteiger charge is 2.14. The summed E-state index contributed by atoms with van der Waals surface area (Å²) >= 11 is 0. The Bertz CT molecular complexity index is 1320. The molecule has 0 aliphatic carbocycles. The third kappa shape index (κ3) is 4.12. The van der Waals surface area contributed by atoms with Gasteiger partial charge in [-0.3, -0.25) is 4.40 Å². The minimum atomic E-state index is 0.656. The summed E-state index contributed by atoms with van der Waals surface area (Å²) in [6.07, 6.45) is 7.56. The summed E-state index contributed by atoms with van der Waals surface area (Å²) < 4.78 is 2.01. The highest BCUT2D eigenvalue weighted by molar-refractivity contribution is 6.09. The first-order valence-corrected chi connectivity index (χ1v) is 11.2. The molecule has 0 unspecified atom stereocenters. The highest BCUT2D eigenvalue weighted by Crippen LogP contribution is 2.27. The van der Waals surface area contributed by atoms with Crippen molar-refractivity contribution in [1.82, 2.24) is 19.3 Å². The van der Waals surface area contributed by atoms with Gasteiger partial charge in [0.25, 0.3) is 0 Å². The summed E-state index contributed by atoms with van der Waals surface area (Å²) in [4.78, 5) is 14.2. The molecule has 0 spiro atoms. The van der Waals surface area contributed by atoms with Crippen molar-refractivity contribution in [1.29, 1.82) is 5.41 Å². The number of likely N-dealkylation sites (N-methyl/N-ethyl adjacent to an activating group) is 1. The van der Waals surface area contributed by atoms with Crippen LogP contribution in [-0.2, 0) is 0 Å². The van der Waals surface area contributed by atoms with Gasteiger partial charge < -0.3 is 26.3 Å². The monoisotopic (exact) mass is 440 g/mol. The van der Waals surface area contributed by atoms with Gasteiger partial charge in [0, 0.05) is 61.4 Å². The molecule has 8 nitrogen and oxygen atoms in total. The Labute approximate surface area is 192 Å². The quantitative estimate of drug-likeness (QED) is 0.409. The van der Waals surface area contributed by atoms with Crippen LogP contribution in [0.5, 0.6) is 0 Å².